The maximum Gasteiger partial charge on any atom is 0.168 e. The van der Waals surface area contributed by atoms with Crippen molar-refractivity contribution in [3.8, 4) is 22.8 Å². The molecule has 22 heavy (non-hydrogen) atoms. The molecule has 1 aromatic heterocycles. The molecule has 106 valence electrons. The van der Waals surface area contributed by atoms with E-state index in [1.165, 1.54) is 5.39 Å². The summed E-state index contributed by atoms with van der Waals surface area (Å²) in [7, 11) is 0. The fourth-order valence-corrected chi connectivity index (χ4v) is 2.64. The molecule has 4 rings (SSSR count). The van der Waals surface area contributed by atoms with Gasteiger partial charge in [0.05, 0.1) is 5.69 Å². The number of fused-ring (bicyclic) bond motifs is 1. The normalized spacial score (nSPS) is 10.9. The van der Waals surface area contributed by atoms with Gasteiger partial charge in [0.1, 0.15) is 12.1 Å². The number of benzene rings is 3. The van der Waals surface area contributed by atoms with Crippen LogP contribution < -0.4 is 0 Å². The predicted octanol–water partition coefficient (Wildman–Crippen LogP) is 3.79. The summed E-state index contributed by atoms with van der Waals surface area (Å²) in [5.74, 6) is 0.983. The van der Waals surface area contributed by atoms with E-state index < -0.39 is 0 Å². The van der Waals surface area contributed by atoms with Gasteiger partial charge >= 0.3 is 0 Å². The fraction of sp³-hybridized carbons (Fsp3) is 0. The van der Waals surface area contributed by atoms with Crippen molar-refractivity contribution in [3.63, 3.8) is 0 Å². The first-order valence-corrected chi connectivity index (χ1v) is 7.00. The van der Waals surface area contributed by atoms with Crippen LogP contribution in [0.15, 0.2) is 73.1 Å². The first-order valence-electron chi connectivity index (χ1n) is 7.00. The number of phenolic OH excluding ortho intramolecular Hbond substituents is 1. The molecule has 4 aromatic rings. The van der Waals surface area contributed by atoms with E-state index in [9.17, 15) is 5.11 Å². The van der Waals surface area contributed by atoms with E-state index in [0.717, 1.165) is 22.5 Å². The summed E-state index contributed by atoms with van der Waals surface area (Å²) in [6.07, 6.45) is 1.71. The molecule has 0 fully saturated rings. The SMILES string of the molecule is Oc1ccc(-c2nncn2-c2cccc3ccccc23)cc1. The number of hydrogen-bond donors (Lipinski definition) is 1. The minimum atomic E-state index is 0.236. The molecule has 0 radical (unpaired) electrons. The quantitative estimate of drug-likeness (QED) is 0.610. The minimum Gasteiger partial charge on any atom is -0.508 e. The van der Waals surface area contributed by atoms with Crippen LogP contribution in [0.1, 0.15) is 0 Å². The number of hydrogen-bond acceptors (Lipinski definition) is 3. The Balaban J connectivity index is 1.94. The number of aromatic hydroxyl groups is 1. The van der Waals surface area contributed by atoms with Crippen LogP contribution in [-0.4, -0.2) is 19.9 Å². The summed E-state index contributed by atoms with van der Waals surface area (Å²) in [6, 6.07) is 21.4. The Hall–Kier alpha value is -3.14. The van der Waals surface area contributed by atoms with E-state index in [4.69, 9.17) is 0 Å². The average Bonchev–Trinajstić information content (AvgIpc) is 3.04. The zero-order valence-corrected chi connectivity index (χ0v) is 11.7. The number of nitrogens with zero attached hydrogens (tertiary/aromatic N) is 3. The molecule has 1 heterocycles. The van der Waals surface area contributed by atoms with Crippen LogP contribution in [-0.2, 0) is 0 Å². The van der Waals surface area contributed by atoms with Crippen molar-refractivity contribution >= 4 is 10.8 Å². The van der Waals surface area contributed by atoms with Crippen molar-refractivity contribution < 1.29 is 5.11 Å². The van der Waals surface area contributed by atoms with Gasteiger partial charge in [0.2, 0.25) is 0 Å². The van der Waals surface area contributed by atoms with E-state index in [2.05, 4.69) is 34.5 Å². The summed E-state index contributed by atoms with van der Waals surface area (Å²) in [5.41, 5.74) is 1.94. The minimum absolute atomic E-state index is 0.236. The summed E-state index contributed by atoms with van der Waals surface area (Å²) in [6.45, 7) is 0. The fourth-order valence-electron chi connectivity index (χ4n) is 2.64. The Morgan fingerprint density at radius 3 is 2.45 bits per heavy atom. The van der Waals surface area contributed by atoms with Gasteiger partial charge in [-0.05, 0) is 35.7 Å². The van der Waals surface area contributed by atoms with Crippen molar-refractivity contribution in [1.29, 1.82) is 0 Å². The topological polar surface area (TPSA) is 50.9 Å². The van der Waals surface area contributed by atoms with Gasteiger partial charge < -0.3 is 5.11 Å². The molecule has 0 aliphatic carbocycles. The van der Waals surface area contributed by atoms with Gasteiger partial charge in [-0.25, -0.2) is 0 Å². The van der Waals surface area contributed by atoms with Gasteiger partial charge in [0, 0.05) is 10.9 Å². The van der Waals surface area contributed by atoms with Gasteiger partial charge in [-0.15, -0.1) is 10.2 Å². The zero-order chi connectivity index (χ0) is 14.9. The van der Waals surface area contributed by atoms with Crippen molar-refractivity contribution in [1.82, 2.24) is 14.8 Å². The van der Waals surface area contributed by atoms with Crippen LogP contribution >= 0.6 is 0 Å². The summed E-state index contributed by atoms with van der Waals surface area (Å²) < 4.78 is 1.97. The highest BCUT2D eigenvalue weighted by atomic mass is 16.3. The molecule has 0 saturated carbocycles. The molecule has 0 unspecified atom stereocenters. The van der Waals surface area contributed by atoms with E-state index in [1.54, 1.807) is 18.5 Å². The lowest BCUT2D eigenvalue weighted by atomic mass is 10.1. The first kappa shape index (κ1) is 12.6. The van der Waals surface area contributed by atoms with Crippen LogP contribution in [0.2, 0.25) is 0 Å². The smallest absolute Gasteiger partial charge is 0.168 e. The Morgan fingerprint density at radius 1 is 0.818 bits per heavy atom. The summed E-state index contributed by atoms with van der Waals surface area (Å²) in [4.78, 5) is 0. The molecule has 0 saturated heterocycles. The van der Waals surface area contributed by atoms with Gasteiger partial charge in [-0.3, -0.25) is 4.57 Å². The highest BCUT2D eigenvalue weighted by Crippen LogP contribution is 2.27. The number of aromatic nitrogens is 3. The van der Waals surface area contributed by atoms with Crippen LogP contribution in [0.5, 0.6) is 5.75 Å². The lowest BCUT2D eigenvalue weighted by Gasteiger charge is -2.10. The van der Waals surface area contributed by atoms with Crippen LogP contribution in [0, 0.1) is 0 Å². The Labute approximate surface area is 127 Å². The average molecular weight is 287 g/mol. The second-order valence-electron chi connectivity index (χ2n) is 5.07. The molecule has 0 atom stereocenters. The Bertz CT molecular complexity index is 937. The van der Waals surface area contributed by atoms with Crippen molar-refractivity contribution in [3.05, 3.63) is 73.1 Å². The molecule has 0 aliphatic heterocycles. The first-order chi connectivity index (χ1) is 10.8. The number of rotatable bonds is 2. The largest absolute Gasteiger partial charge is 0.508 e. The zero-order valence-electron chi connectivity index (χ0n) is 11.7. The van der Waals surface area contributed by atoms with E-state index in [-0.39, 0.29) is 5.75 Å². The van der Waals surface area contributed by atoms with Gasteiger partial charge in [-0.1, -0.05) is 36.4 Å². The van der Waals surface area contributed by atoms with Crippen molar-refractivity contribution in [2.75, 3.05) is 0 Å². The van der Waals surface area contributed by atoms with E-state index >= 15 is 0 Å². The van der Waals surface area contributed by atoms with Gasteiger partial charge in [0.25, 0.3) is 0 Å². The molecule has 0 spiro atoms. The Kier molecular flexibility index (Phi) is 2.86. The third-order valence-corrected chi connectivity index (χ3v) is 3.70. The van der Waals surface area contributed by atoms with Crippen LogP contribution in [0.4, 0.5) is 0 Å². The van der Waals surface area contributed by atoms with E-state index in [1.807, 2.05) is 34.9 Å². The molecular formula is C18H13N3O. The highest BCUT2D eigenvalue weighted by Gasteiger charge is 2.11. The van der Waals surface area contributed by atoms with Crippen LogP contribution in [0.25, 0.3) is 27.8 Å². The number of phenols is 1. The monoisotopic (exact) mass is 287 g/mol. The third-order valence-electron chi connectivity index (χ3n) is 3.70. The van der Waals surface area contributed by atoms with Crippen molar-refractivity contribution in [2.24, 2.45) is 0 Å². The predicted molar refractivity (Wildman–Crippen MR) is 86.0 cm³/mol. The molecule has 4 nitrogen and oxygen atoms in total. The highest BCUT2D eigenvalue weighted by molar-refractivity contribution is 5.90. The van der Waals surface area contributed by atoms with E-state index in [0.29, 0.717) is 0 Å². The maximum absolute atomic E-state index is 9.44. The second-order valence-corrected chi connectivity index (χ2v) is 5.07. The second kappa shape index (κ2) is 5.00. The van der Waals surface area contributed by atoms with Gasteiger partial charge in [0.15, 0.2) is 5.82 Å². The molecule has 0 bridgehead atoms. The molecule has 0 aliphatic rings. The lowest BCUT2D eigenvalue weighted by Crippen LogP contribution is -1.97. The molecular weight excluding hydrogens is 274 g/mol. The maximum atomic E-state index is 9.44. The molecule has 1 N–H and O–H groups in total. The summed E-state index contributed by atoms with van der Waals surface area (Å²) >= 11 is 0. The van der Waals surface area contributed by atoms with Gasteiger partial charge in [-0.2, -0.15) is 0 Å². The van der Waals surface area contributed by atoms with Crippen LogP contribution in [0.3, 0.4) is 0 Å². The van der Waals surface area contributed by atoms with Crippen molar-refractivity contribution in [2.45, 2.75) is 0 Å². The molecule has 3 aromatic carbocycles. The molecule has 0 amide bonds. The third kappa shape index (κ3) is 2.02. The summed E-state index contributed by atoms with van der Waals surface area (Å²) in [5, 5.41) is 20.0. The lowest BCUT2D eigenvalue weighted by molar-refractivity contribution is 0.475. The Morgan fingerprint density at radius 2 is 1.59 bits per heavy atom. The molecule has 4 heteroatoms. The standard InChI is InChI=1S/C18H13N3O/c22-15-10-8-14(9-11-15)18-20-19-12-21(18)17-7-3-5-13-4-1-2-6-16(13)17/h1-12,22H.